The Morgan fingerprint density at radius 2 is 1.74 bits per heavy atom. The van der Waals surface area contributed by atoms with Crippen LogP contribution in [0.15, 0.2) is 24.3 Å². The molecule has 0 N–H and O–H groups in total. The fourth-order valence-corrected chi connectivity index (χ4v) is 2.91. The van der Waals surface area contributed by atoms with Crippen molar-refractivity contribution in [1.29, 1.82) is 0 Å². The summed E-state index contributed by atoms with van der Waals surface area (Å²) in [5, 5.41) is 1.35. The van der Waals surface area contributed by atoms with Crippen LogP contribution in [0.5, 0.6) is 0 Å². The average molecular weight is 392 g/mol. The van der Waals surface area contributed by atoms with Gasteiger partial charge in [0.25, 0.3) is 0 Å². The van der Waals surface area contributed by atoms with Gasteiger partial charge < -0.3 is 33.6 Å². The Morgan fingerprint density at radius 3 is 2.21 bits per heavy atom. The summed E-state index contributed by atoms with van der Waals surface area (Å²) in [6.07, 6.45) is 2.14. The van der Waals surface area contributed by atoms with Crippen LogP contribution in [-0.2, 0) is 4.74 Å². The van der Waals surface area contributed by atoms with Crippen molar-refractivity contribution in [2.24, 2.45) is 0 Å². The quantitative estimate of drug-likeness (QED) is 0.362. The second-order valence-corrected chi connectivity index (χ2v) is 5.34. The molecule has 0 aromatic heterocycles. The molecule has 3 nitrogen and oxygen atoms in total. The number of morpholine rings is 1. The number of rotatable bonds is 2. The molecule has 1 saturated heterocycles. The molecule has 0 unspecified atom stereocenters. The Balaban J connectivity index is 0.00000180. The molecular weight excluding hydrogens is 371 g/mol. The van der Waals surface area contributed by atoms with E-state index in [1.165, 1.54) is 16.3 Å². The zero-order chi connectivity index (χ0) is 13.0. The normalized spacial score (nSPS) is 14.8. The van der Waals surface area contributed by atoms with Gasteiger partial charge in [0.2, 0.25) is 5.04 Å². The molecule has 1 aliphatic heterocycles. The smallest absolute Gasteiger partial charge is 0.241 e. The second-order valence-electron chi connectivity index (χ2n) is 4.55. The van der Waals surface area contributed by atoms with Gasteiger partial charge in [0, 0.05) is 19.8 Å². The van der Waals surface area contributed by atoms with E-state index in [1.54, 1.807) is 0 Å². The van der Waals surface area contributed by atoms with E-state index in [9.17, 15) is 0 Å². The van der Waals surface area contributed by atoms with E-state index in [2.05, 4.69) is 54.1 Å². The van der Waals surface area contributed by atoms with E-state index in [0.717, 1.165) is 26.3 Å². The fraction of sp³-hybridized carbons (Fsp3) is 0.500. The van der Waals surface area contributed by atoms with Crippen molar-refractivity contribution in [3.05, 3.63) is 29.8 Å². The van der Waals surface area contributed by atoms with Gasteiger partial charge in [-0.05, 0) is 30.5 Å². The highest BCUT2D eigenvalue weighted by Gasteiger charge is 2.19. The van der Waals surface area contributed by atoms with Gasteiger partial charge in [-0.3, -0.25) is 0 Å². The lowest BCUT2D eigenvalue weighted by Crippen LogP contribution is -3.00. The summed E-state index contributed by atoms with van der Waals surface area (Å²) in [5.41, 5.74) is 2.54. The Labute approximate surface area is 137 Å². The summed E-state index contributed by atoms with van der Waals surface area (Å²) >= 11 is 1.82. The van der Waals surface area contributed by atoms with Crippen LogP contribution < -0.4 is 28.9 Å². The SMILES string of the molecule is CSC(c1ccc(N(C)C)cc1)=[N+]1CCOCC1.[I-]. The summed E-state index contributed by atoms with van der Waals surface area (Å²) in [4.78, 5) is 2.12. The molecule has 0 amide bonds. The molecular formula is C14H21IN2OS. The van der Waals surface area contributed by atoms with Crippen LogP contribution in [0.2, 0.25) is 0 Å². The van der Waals surface area contributed by atoms with Crippen LogP contribution in [0.1, 0.15) is 5.56 Å². The van der Waals surface area contributed by atoms with E-state index >= 15 is 0 Å². The van der Waals surface area contributed by atoms with Crippen LogP contribution in [0.25, 0.3) is 0 Å². The van der Waals surface area contributed by atoms with E-state index in [0.29, 0.717) is 0 Å². The Kier molecular flexibility index (Phi) is 7.17. The van der Waals surface area contributed by atoms with Gasteiger partial charge >= 0.3 is 0 Å². The highest BCUT2D eigenvalue weighted by atomic mass is 127. The summed E-state index contributed by atoms with van der Waals surface area (Å²) < 4.78 is 7.83. The molecule has 19 heavy (non-hydrogen) atoms. The topological polar surface area (TPSA) is 15.5 Å². The molecule has 1 aromatic rings. The van der Waals surface area contributed by atoms with Crippen LogP contribution in [0, 0.1) is 0 Å². The van der Waals surface area contributed by atoms with Crippen LogP contribution in [0.4, 0.5) is 5.69 Å². The molecule has 5 heteroatoms. The summed E-state index contributed by atoms with van der Waals surface area (Å²) in [6, 6.07) is 8.76. The van der Waals surface area contributed by atoms with Crippen LogP contribution in [-0.4, -0.2) is 56.3 Å². The number of nitrogens with zero attached hydrogens (tertiary/aromatic N) is 2. The van der Waals surface area contributed by atoms with E-state index in [-0.39, 0.29) is 24.0 Å². The molecule has 0 atom stereocenters. The molecule has 2 rings (SSSR count). The molecule has 1 fully saturated rings. The lowest BCUT2D eigenvalue weighted by atomic mass is 10.2. The lowest BCUT2D eigenvalue weighted by molar-refractivity contribution is -0.546. The van der Waals surface area contributed by atoms with Gasteiger partial charge in [-0.2, -0.15) is 0 Å². The van der Waals surface area contributed by atoms with Gasteiger partial charge in [-0.1, -0.05) is 11.8 Å². The van der Waals surface area contributed by atoms with Crippen LogP contribution in [0.3, 0.4) is 0 Å². The van der Waals surface area contributed by atoms with E-state index < -0.39 is 0 Å². The highest BCUT2D eigenvalue weighted by molar-refractivity contribution is 8.13. The van der Waals surface area contributed by atoms with Crippen molar-refractivity contribution in [1.82, 2.24) is 0 Å². The molecule has 1 aliphatic rings. The first-order valence-corrected chi connectivity index (χ1v) is 7.46. The van der Waals surface area contributed by atoms with Crippen molar-refractivity contribution in [3.8, 4) is 0 Å². The number of benzene rings is 1. The largest absolute Gasteiger partial charge is 1.00 e. The second kappa shape index (κ2) is 8.11. The van der Waals surface area contributed by atoms with Gasteiger partial charge in [-0.15, -0.1) is 0 Å². The molecule has 0 radical (unpaired) electrons. The first kappa shape index (κ1) is 16.8. The maximum Gasteiger partial charge on any atom is 0.241 e. The monoisotopic (exact) mass is 392 g/mol. The number of halogens is 1. The number of hydrogen-bond acceptors (Lipinski definition) is 3. The molecule has 106 valence electrons. The minimum absolute atomic E-state index is 0. The predicted octanol–water partition coefficient (Wildman–Crippen LogP) is -1.09. The third kappa shape index (κ3) is 4.36. The molecule has 0 bridgehead atoms. The number of anilines is 1. The van der Waals surface area contributed by atoms with Crippen molar-refractivity contribution in [2.45, 2.75) is 0 Å². The minimum Gasteiger partial charge on any atom is -1.00 e. The maximum atomic E-state index is 5.41. The van der Waals surface area contributed by atoms with E-state index in [1.807, 2.05) is 11.8 Å². The average Bonchev–Trinajstić information content (AvgIpc) is 2.41. The third-order valence-corrected chi connectivity index (χ3v) is 4.00. The highest BCUT2D eigenvalue weighted by Crippen LogP contribution is 2.17. The first-order valence-electron chi connectivity index (χ1n) is 6.24. The zero-order valence-electron chi connectivity index (χ0n) is 11.7. The van der Waals surface area contributed by atoms with Gasteiger partial charge in [0.15, 0.2) is 13.1 Å². The molecule has 1 aromatic carbocycles. The van der Waals surface area contributed by atoms with E-state index in [4.69, 9.17) is 4.74 Å². The number of ether oxygens (including phenoxy) is 1. The lowest BCUT2D eigenvalue weighted by Gasteiger charge is -2.15. The minimum atomic E-state index is 0. The van der Waals surface area contributed by atoms with Gasteiger partial charge in [0.05, 0.1) is 5.56 Å². The summed E-state index contributed by atoms with van der Waals surface area (Å²) in [5.74, 6) is 0. The van der Waals surface area contributed by atoms with Crippen LogP contribution >= 0.6 is 11.8 Å². The predicted molar refractivity (Wildman–Crippen MR) is 79.2 cm³/mol. The summed E-state index contributed by atoms with van der Waals surface area (Å²) in [7, 11) is 4.13. The third-order valence-electron chi connectivity index (χ3n) is 3.12. The molecule has 0 aliphatic carbocycles. The standard InChI is InChI=1S/C14H21N2OS.HI/c1-15(2)13-6-4-12(5-7-13)14(18-3)16-8-10-17-11-9-16;/h4-7H,8-11H2,1-3H3;1H/q+1;/p-1. The molecule has 0 saturated carbocycles. The first-order chi connectivity index (χ1) is 8.72. The number of hydrogen-bond donors (Lipinski definition) is 0. The zero-order valence-corrected chi connectivity index (χ0v) is 14.7. The molecule has 0 spiro atoms. The Morgan fingerprint density at radius 1 is 1.16 bits per heavy atom. The Hall–Kier alpha value is -0.270. The van der Waals surface area contributed by atoms with Gasteiger partial charge in [-0.25, -0.2) is 4.58 Å². The fourth-order valence-electron chi connectivity index (χ4n) is 2.10. The van der Waals surface area contributed by atoms with Crippen molar-refractivity contribution in [2.75, 3.05) is 51.6 Å². The van der Waals surface area contributed by atoms with Crippen molar-refractivity contribution in [3.63, 3.8) is 0 Å². The Bertz CT molecular complexity index is 424. The van der Waals surface area contributed by atoms with Crippen molar-refractivity contribution >= 4 is 22.5 Å². The summed E-state index contributed by atoms with van der Waals surface area (Å²) in [6.45, 7) is 3.65. The van der Waals surface area contributed by atoms with Crippen molar-refractivity contribution < 1.29 is 33.3 Å². The van der Waals surface area contributed by atoms with Gasteiger partial charge in [0.1, 0.15) is 13.2 Å². The molecule has 1 heterocycles. The number of thioether (sulfide) groups is 1. The maximum absolute atomic E-state index is 5.41.